The fraction of sp³-hybridized carbons (Fsp3) is 0.750. The third kappa shape index (κ3) is 19.2. The van der Waals surface area contributed by atoms with Gasteiger partial charge in [-0.1, -0.05) is 70.4 Å². The highest BCUT2D eigenvalue weighted by Crippen LogP contribution is 2.09. The van der Waals surface area contributed by atoms with Gasteiger partial charge in [0.25, 0.3) is 0 Å². The zero-order valence-electron chi connectivity index (χ0n) is 18.7. The first-order valence-corrected chi connectivity index (χ1v) is 11.5. The summed E-state index contributed by atoms with van der Waals surface area (Å²) in [6, 6.07) is 0. The molecule has 1 heterocycles. The molecule has 0 atom stereocenters. The minimum Gasteiger partial charge on any atom is -0.550 e. The number of aromatic nitrogens is 2. The molecule has 28 heavy (non-hydrogen) atoms. The van der Waals surface area contributed by atoms with Gasteiger partial charge in [0.05, 0.1) is 13.6 Å². The summed E-state index contributed by atoms with van der Waals surface area (Å²) in [5.74, 6) is -0.914. The van der Waals surface area contributed by atoms with E-state index in [2.05, 4.69) is 43.1 Å². The van der Waals surface area contributed by atoms with E-state index in [1.165, 1.54) is 64.2 Å². The smallest absolute Gasteiger partial charge is 0.243 e. The average Bonchev–Trinajstić information content (AvgIpc) is 3.11. The molecule has 0 unspecified atom stereocenters. The molecular formula is C24H44N2O2. The van der Waals surface area contributed by atoms with Crippen molar-refractivity contribution in [1.29, 1.82) is 0 Å². The van der Waals surface area contributed by atoms with Crippen LogP contribution in [0, 0.1) is 0 Å². The molecule has 0 N–H and O–H groups in total. The van der Waals surface area contributed by atoms with Gasteiger partial charge in [0.15, 0.2) is 0 Å². The number of hydrogen-bond donors (Lipinski definition) is 0. The topological polar surface area (TPSA) is 48.9 Å². The summed E-state index contributed by atoms with van der Waals surface area (Å²) < 4.78 is 4.16. The van der Waals surface area contributed by atoms with Crippen molar-refractivity contribution in [2.75, 3.05) is 0 Å². The van der Waals surface area contributed by atoms with Crippen molar-refractivity contribution < 1.29 is 14.5 Å². The maximum absolute atomic E-state index is 10.2. The fourth-order valence-corrected chi connectivity index (χ4v) is 3.03. The molecular weight excluding hydrogens is 348 g/mol. The van der Waals surface area contributed by atoms with Crippen LogP contribution < -0.4 is 9.67 Å². The minimum atomic E-state index is -0.914. The molecule has 0 saturated carbocycles. The lowest BCUT2D eigenvalue weighted by Gasteiger charge is -2.01. The Morgan fingerprint density at radius 2 is 1.43 bits per heavy atom. The van der Waals surface area contributed by atoms with E-state index >= 15 is 0 Å². The summed E-state index contributed by atoms with van der Waals surface area (Å²) in [6.07, 6.45) is 27.0. The van der Waals surface area contributed by atoms with Gasteiger partial charge < -0.3 is 9.90 Å². The lowest BCUT2D eigenvalue weighted by Crippen LogP contribution is -2.23. The molecule has 4 nitrogen and oxygen atoms in total. The molecule has 162 valence electrons. The second-order valence-electron chi connectivity index (χ2n) is 7.62. The van der Waals surface area contributed by atoms with E-state index in [4.69, 9.17) is 0 Å². The number of aliphatic carboxylic acids is 1. The molecule has 0 spiro atoms. The number of carbonyl (C=O) groups is 1. The van der Waals surface area contributed by atoms with Gasteiger partial charge in [-0.25, -0.2) is 9.13 Å². The van der Waals surface area contributed by atoms with Crippen molar-refractivity contribution in [2.45, 2.75) is 110 Å². The van der Waals surface area contributed by atoms with Crippen molar-refractivity contribution in [3.8, 4) is 0 Å². The van der Waals surface area contributed by atoms with Gasteiger partial charge in [0.2, 0.25) is 6.33 Å². The van der Waals surface area contributed by atoms with E-state index in [0.717, 1.165) is 25.8 Å². The second kappa shape index (κ2) is 20.2. The Bertz CT molecular complexity index is 495. The number of carboxylic acid groups (broad SMARTS) is 1. The highest BCUT2D eigenvalue weighted by Gasteiger charge is 1.93. The highest BCUT2D eigenvalue weighted by molar-refractivity contribution is 5.63. The van der Waals surface area contributed by atoms with Gasteiger partial charge in [-0.05, 0) is 45.4 Å². The third-order valence-corrected chi connectivity index (χ3v) is 4.83. The molecule has 1 aromatic rings. The van der Waals surface area contributed by atoms with Crippen LogP contribution in [0.1, 0.15) is 104 Å². The van der Waals surface area contributed by atoms with Crippen LogP contribution in [0.4, 0.5) is 0 Å². The van der Waals surface area contributed by atoms with Gasteiger partial charge in [0.1, 0.15) is 12.4 Å². The van der Waals surface area contributed by atoms with Crippen LogP contribution in [0.3, 0.4) is 0 Å². The van der Waals surface area contributed by atoms with E-state index in [0.29, 0.717) is 0 Å². The number of carbonyl (C=O) groups excluding carboxylic acids is 1. The van der Waals surface area contributed by atoms with Crippen LogP contribution in [0.2, 0.25) is 0 Å². The summed E-state index contributed by atoms with van der Waals surface area (Å²) >= 11 is 0. The van der Waals surface area contributed by atoms with E-state index in [-0.39, 0.29) is 6.42 Å². The standard InChI is InChI=1S/C18H34O2.C6H11N2/c1-2-3-4-5-6-7-8-9-10-11-12-13-14-15-16-17-18(19)20;1-3-8-5-4-7(2)6-8/h9-10H,2-8,11-17H2,1H3,(H,19,20);4-6H,3H2,1-2H3/q;+1/p-1. The summed E-state index contributed by atoms with van der Waals surface area (Å²) in [5, 5.41) is 10.2. The molecule has 0 aromatic carbocycles. The van der Waals surface area contributed by atoms with Crippen molar-refractivity contribution in [3.05, 3.63) is 30.9 Å². The van der Waals surface area contributed by atoms with Crippen molar-refractivity contribution >= 4 is 5.97 Å². The second-order valence-corrected chi connectivity index (χ2v) is 7.62. The van der Waals surface area contributed by atoms with Crippen LogP contribution in [-0.2, 0) is 18.4 Å². The molecule has 0 radical (unpaired) electrons. The van der Waals surface area contributed by atoms with Crippen LogP contribution >= 0.6 is 0 Å². The number of unbranched alkanes of at least 4 members (excludes halogenated alkanes) is 11. The van der Waals surface area contributed by atoms with Gasteiger partial charge in [-0.3, -0.25) is 0 Å². The molecule has 0 bridgehead atoms. The van der Waals surface area contributed by atoms with Gasteiger partial charge in [0, 0.05) is 5.97 Å². The maximum atomic E-state index is 10.2. The van der Waals surface area contributed by atoms with Gasteiger partial charge in [-0.2, -0.15) is 0 Å². The number of carboxylic acids is 1. The normalized spacial score (nSPS) is 10.8. The highest BCUT2D eigenvalue weighted by atomic mass is 16.4. The zero-order valence-corrected chi connectivity index (χ0v) is 18.7. The Kier molecular flexibility index (Phi) is 19.0. The van der Waals surface area contributed by atoms with Crippen LogP contribution in [0.25, 0.3) is 0 Å². The summed E-state index contributed by atoms with van der Waals surface area (Å²) in [7, 11) is 2.02. The van der Waals surface area contributed by atoms with Crippen LogP contribution in [0.15, 0.2) is 30.9 Å². The van der Waals surface area contributed by atoms with E-state index in [1.54, 1.807) is 0 Å². The summed E-state index contributed by atoms with van der Waals surface area (Å²) in [6.45, 7) is 5.44. The molecule has 0 aliphatic heterocycles. The lowest BCUT2D eigenvalue weighted by atomic mass is 10.1. The molecule has 1 aromatic heterocycles. The first-order chi connectivity index (χ1) is 13.6. The Morgan fingerprint density at radius 1 is 0.893 bits per heavy atom. The predicted octanol–water partition coefficient (Wildman–Crippen LogP) is 5.11. The number of allylic oxidation sites excluding steroid dienone is 2. The molecule has 4 heteroatoms. The molecule has 0 fully saturated rings. The molecule has 0 amide bonds. The van der Waals surface area contributed by atoms with Crippen LogP contribution in [0.5, 0.6) is 0 Å². The average molecular weight is 393 g/mol. The number of rotatable bonds is 16. The summed E-state index contributed by atoms with van der Waals surface area (Å²) in [4.78, 5) is 10.2. The fourth-order valence-electron chi connectivity index (χ4n) is 3.03. The van der Waals surface area contributed by atoms with Crippen LogP contribution in [-0.4, -0.2) is 10.5 Å². The monoisotopic (exact) mass is 392 g/mol. The van der Waals surface area contributed by atoms with E-state index < -0.39 is 5.97 Å². The Morgan fingerprint density at radius 3 is 1.86 bits per heavy atom. The number of imidazole rings is 1. The zero-order chi connectivity index (χ0) is 20.9. The van der Waals surface area contributed by atoms with E-state index in [9.17, 15) is 9.90 Å². The number of nitrogens with zero attached hydrogens (tertiary/aromatic N) is 2. The number of hydrogen-bond acceptors (Lipinski definition) is 2. The Labute approximate surface area is 173 Å². The Balaban J connectivity index is 0.000000749. The maximum Gasteiger partial charge on any atom is 0.243 e. The van der Waals surface area contributed by atoms with Crippen molar-refractivity contribution in [2.24, 2.45) is 7.05 Å². The van der Waals surface area contributed by atoms with Crippen molar-refractivity contribution in [3.63, 3.8) is 0 Å². The minimum absolute atomic E-state index is 0.220. The van der Waals surface area contributed by atoms with Gasteiger partial charge in [-0.15, -0.1) is 0 Å². The first kappa shape index (κ1) is 26.4. The van der Waals surface area contributed by atoms with E-state index in [1.807, 2.05) is 17.8 Å². The third-order valence-electron chi connectivity index (χ3n) is 4.83. The SMILES string of the molecule is CCCCCCCCC=CCCCCCCCC(=O)[O-].CCn1cc[n+](C)c1. The lowest BCUT2D eigenvalue weighted by molar-refractivity contribution is -0.671. The first-order valence-electron chi connectivity index (χ1n) is 11.5. The van der Waals surface area contributed by atoms with Crippen molar-refractivity contribution in [1.82, 2.24) is 4.57 Å². The molecule has 0 saturated heterocycles. The molecule has 0 aliphatic carbocycles. The largest absolute Gasteiger partial charge is 0.550 e. The predicted molar refractivity (Wildman–Crippen MR) is 116 cm³/mol. The Hall–Kier alpha value is -1.58. The van der Waals surface area contributed by atoms with Gasteiger partial charge >= 0.3 is 0 Å². The quantitative estimate of drug-likeness (QED) is 0.223. The number of aryl methyl sites for hydroxylation is 2. The summed E-state index contributed by atoms with van der Waals surface area (Å²) in [5.41, 5.74) is 0. The molecule has 0 aliphatic rings. The molecule has 1 rings (SSSR count).